The lowest BCUT2D eigenvalue weighted by Gasteiger charge is -2.25. The van der Waals surface area contributed by atoms with Crippen LogP contribution in [0.4, 0.5) is 0 Å². The van der Waals surface area contributed by atoms with Gasteiger partial charge in [-0.2, -0.15) is 0 Å². The van der Waals surface area contributed by atoms with E-state index in [4.69, 9.17) is 5.73 Å². The van der Waals surface area contributed by atoms with Crippen molar-refractivity contribution >= 4 is 0 Å². The highest BCUT2D eigenvalue weighted by Crippen LogP contribution is 2.60. The van der Waals surface area contributed by atoms with Crippen LogP contribution in [0.15, 0.2) is 24.3 Å². The number of nitrogens with two attached hydrogens (primary N) is 1. The van der Waals surface area contributed by atoms with Gasteiger partial charge in [-0.05, 0) is 48.6 Å². The highest BCUT2D eigenvalue weighted by molar-refractivity contribution is 5.31. The van der Waals surface area contributed by atoms with Gasteiger partial charge in [-0.3, -0.25) is 0 Å². The predicted octanol–water partition coefficient (Wildman–Crippen LogP) is 2.44. The molecule has 0 heterocycles. The number of benzene rings is 1. The maximum Gasteiger partial charge on any atom is 0.0654 e. The molecule has 0 spiro atoms. The molecular formula is C16H23NO. The molecule has 2 heteroatoms. The highest BCUT2D eigenvalue weighted by Gasteiger charge is 2.56. The van der Waals surface area contributed by atoms with Gasteiger partial charge in [0.15, 0.2) is 0 Å². The molecule has 0 aliphatic heterocycles. The van der Waals surface area contributed by atoms with E-state index in [0.29, 0.717) is 12.5 Å². The number of fused-ring (bicyclic) bond motifs is 1. The van der Waals surface area contributed by atoms with Gasteiger partial charge < -0.3 is 10.8 Å². The van der Waals surface area contributed by atoms with Crippen molar-refractivity contribution in [3.8, 4) is 0 Å². The highest BCUT2D eigenvalue weighted by atomic mass is 16.3. The second kappa shape index (κ2) is 4.67. The summed E-state index contributed by atoms with van der Waals surface area (Å²) in [5.41, 5.74) is 8.41. The second-order valence-corrected chi connectivity index (χ2v) is 6.03. The summed E-state index contributed by atoms with van der Waals surface area (Å²) in [6.07, 6.45) is 3.75. The Balaban J connectivity index is 1.78. The maximum absolute atomic E-state index is 10.7. The van der Waals surface area contributed by atoms with Crippen LogP contribution < -0.4 is 5.73 Å². The van der Waals surface area contributed by atoms with Crippen molar-refractivity contribution in [2.24, 2.45) is 23.5 Å². The maximum atomic E-state index is 10.7. The zero-order valence-corrected chi connectivity index (χ0v) is 11.0. The zero-order chi connectivity index (χ0) is 12.7. The van der Waals surface area contributed by atoms with Crippen LogP contribution in [0.1, 0.15) is 36.3 Å². The van der Waals surface area contributed by atoms with Gasteiger partial charge in [-0.15, -0.1) is 0 Å². The Morgan fingerprint density at radius 3 is 2.56 bits per heavy atom. The number of aryl methyl sites for hydroxylation is 1. The average Bonchev–Trinajstić information content (AvgIpc) is 2.86. The Bertz CT molecular complexity index is 421. The average molecular weight is 245 g/mol. The van der Waals surface area contributed by atoms with E-state index in [2.05, 4.69) is 19.1 Å². The first kappa shape index (κ1) is 12.2. The van der Waals surface area contributed by atoms with Crippen LogP contribution in [-0.4, -0.2) is 17.8 Å². The van der Waals surface area contributed by atoms with Gasteiger partial charge in [-0.25, -0.2) is 0 Å². The van der Waals surface area contributed by atoms with Crippen LogP contribution in [0.5, 0.6) is 0 Å². The van der Waals surface area contributed by atoms with Crippen LogP contribution in [-0.2, 0) is 0 Å². The standard InChI is InChI=1S/C16H23NO/c1-10-5-2-3-6-11(10)14(9-17)16(18)15-12-7-4-8-13(12)15/h2-3,5-6,12-16,18H,4,7-9,17H2,1H3. The molecule has 18 heavy (non-hydrogen) atoms. The normalized spacial score (nSPS) is 32.9. The van der Waals surface area contributed by atoms with Crippen LogP contribution >= 0.6 is 0 Å². The fourth-order valence-corrected chi connectivity index (χ4v) is 4.10. The fourth-order valence-electron chi connectivity index (χ4n) is 4.10. The van der Waals surface area contributed by atoms with Gasteiger partial charge in [0.2, 0.25) is 0 Å². The quantitative estimate of drug-likeness (QED) is 0.856. The summed E-state index contributed by atoms with van der Waals surface area (Å²) in [5, 5.41) is 10.7. The Labute approximate surface area is 109 Å². The first-order valence-electron chi connectivity index (χ1n) is 7.17. The van der Waals surface area contributed by atoms with Crippen molar-refractivity contribution in [3.63, 3.8) is 0 Å². The topological polar surface area (TPSA) is 46.2 Å². The van der Waals surface area contributed by atoms with E-state index in [1.807, 2.05) is 12.1 Å². The van der Waals surface area contributed by atoms with Crippen LogP contribution in [0, 0.1) is 24.7 Å². The summed E-state index contributed by atoms with van der Waals surface area (Å²) in [6, 6.07) is 8.32. The van der Waals surface area contributed by atoms with Gasteiger partial charge >= 0.3 is 0 Å². The smallest absolute Gasteiger partial charge is 0.0654 e. The van der Waals surface area contributed by atoms with Crippen molar-refractivity contribution < 1.29 is 5.11 Å². The molecule has 4 atom stereocenters. The summed E-state index contributed by atoms with van der Waals surface area (Å²) in [7, 11) is 0. The predicted molar refractivity (Wildman–Crippen MR) is 73.3 cm³/mol. The Morgan fingerprint density at radius 2 is 1.94 bits per heavy atom. The van der Waals surface area contributed by atoms with E-state index in [-0.39, 0.29) is 12.0 Å². The molecule has 3 rings (SSSR count). The van der Waals surface area contributed by atoms with Gasteiger partial charge in [0.05, 0.1) is 6.10 Å². The number of aliphatic hydroxyl groups excluding tert-OH is 1. The molecule has 0 radical (unpaired) electrons. The molecule has 0 bridgehead atoms. The molecule has 2 fully saturated rings. The van der Waals surface area contributed by atoms with Gasteiger partial charge in [0.25, 0.3) is 0 Å². The molecule has 3 N–H and O–H groups in total. The zero-order valence-electron chi connectivity index (χ0n) is 11.0. The molecule has 0 amide bonds. The number of hydrogen-bond acceptors (Lipinski definition) is 2. The van der Waals surface area contributed by atoms with Crippen molar-refractivity contribution in [3.05, 3.63) is 35.4 Å². The van der Waals surface area contributed by atoms with Crippen molar-refractivity contribution in [2.75, 3.05) is 6.54 Å². The van der Waals surface area contributed by atoms with Gasteiger partial charge in [0, 0.05) is 12.5 Å². The summed E-state index contributed by atoms with van der Waals surface area (Å²) >= 11 is 0. The molecule has 1 aromatic carbocycles. The van der Waals surface area contributed by atoms with Crippen molar-refractivity contribution in [2.45, 2.75) is 38.2 Å². The molecular weight excluding hydrogens is 222 g/mol. The lowest BCUT2D eigenvalue weighted by molar-refractivity contribution is 0.108. The van der Waals surface area contributed by atoms with Crippen LogP contribution in [0.2, 0.25) is 0 Å². The largest absolute Gasteiger partial charge is 0.392 e. The minimum atomic E-state index is -0.244. The second-order valence-electron chi connectivity index (χ2n) is 6.03. The molecule has 2 saturated carbocycles. The Kier molecular flexibility index (Phi) is 3.16. The minimum Gasteiger partial charge on any atom is -0.392 e. The van der Waals surface area contributed by atoms with E-state index >= 15 is 0 Å². The van der Waals surface area contributed by atoms with Gasteiger partial charge in [-0.1, -0.05) is 30.7 Å². The third kappa shape index (κ3) is 1.88. The molecule has 1 aromatic rings. The van der Waals surface area contributed by atoms with E-state index < -0.39 is 0 Å². The van der Waals surface area contributed by atoms with Gasteiger partial charge in [0.1, 0.15) is 0 Å². The number of hydrogen-bond donors (Lipinski definition) is 2. The van der Waals surface area contributed by atoms with E-state index in [1.54, 1.807) is 0 Å². The number of aliphatic hydroxyl groups is 1. The first-order valence-corrected chi connectivity index (χ1v) is 7.17. The third-order valence-electron chi connectivity index (χ3n) is 5.12. The van der Waals surface area contributed by atoms with Crippen molar-refractivity contribution in [1.29, 1.82) is 0 Å². The van der Waals surface area contributed by atoms with E-state index in [1.165, 1.54) is 30.4 Å². The molecule has 2 aliphatic carbocycles. The SMILES string of the molecule is Cc1ccccc1C(CN)C(O)C1C2CCCC21. The lowest BCUT2D eigenvalue weighted by atomic mass is 9.86. The van der Waals surface area contributed by atoms with Crippen LogP contribution in [0.25, 0.3) is 0 Å². The monoisotopic (exact) mass is 245 g/mol. The summed E-state index contributed by atoms with van der Waals surface area (Å²) < 4.78 is 0. The summed E-state index contributed by atoms with van der Waals surface area (Å²) in [4.78, 5) is 0. The van der Waals surface area contributed by atoms with E-state index in [0.717, 1.165) is 11.8 Å². The molecule has 4 unspecified atom stereocenters. The molecule has 98 valence electrons. The fraction of sp³-hybridized carbons (Fsp3) is 0.625. The molecule has 0 aromatic heterocycles. The summed E-state index contributed by atoms with van der Waals surface area (Å²) in [5.74, 6) is 2.21. The summed E-state index contributed by atoms with van der Waals surface area (Å²) in [6.45, 7) is 2.65. The third-order valence-corrected chi connectivity index (χ3v) is 5.12. The van der Waals surface area contributed by atoms with E-state index in [9.17, 15) is 5.11 Å². The Morgan fingerprint density at radius 1 is 1.28 bits per heavy atom. The molecule has 0 saturated heterocycles. The lowest BCUT2D eigenvalue weighted by Crippen LogP contribution is -2.29. The minimum absolute atomic E-state index is 0.113. The molecule has 2 nitrogen and oxygen atoms in total. The first-order chi connectivity index (χ1) is 8.74. The Hall–Kier alpha value is -0.860. The molecule has 2 aliphatic rings. The van der Waals surface area contributed by atoms with Crippen LogP contribution in [0.3, 0.4) is 0 Å². The van der Waals surface area contributed by atoms with Crippen molar-refractivity contribution in [1.82, 2.24) is 0 Å². The number of rotatable bonds is 4.